The third-order valence-corrected chi connectivity index (χ3v) is 5.71. The van der Waals surface area contributed by atoms with Crippen LogP contribution in [0.15, 0.2) is 30.6 Å². The van der Waals surface area contributed by atoms with E-state index in [1.54, 1.807) is 34.8 Å². The fourth-order valence-corrected chi connectivity index (χ4v) is 4.07. The Kier molecular flexibility index (Phi) is 5.29. The summed E-state index contributed by atoms with van der Waals surface area (Å²) in [5.41, 5.74) is 15.2. The molecule has 1 amide bonds. The predicted molar refractivity (Wildman–Crippen MR) is 116 cm³/mol. The number of carbonyl (C=O) groups is 1. The van der Waals surface area contributed by atoms with Gasteiger partial charge in [0.2, 0.25) is 0 Å². The molecular formula is C21H28N8O. The van der Waals surface area contributed by atoms with Gasteiger partial charge in [0.25, 0.3) is 5.91 Å². The quantitative estimate of drug-likeness (QED) is 0.660. The number of anilines is 2. The Balaban J connectivity index is 1.65. The van der Waals surface area contributed by atoms with E-state index in [9.17, 15) is 4.79 Å². The summed E-state index contributed by atoms with van der Waals surface area (Å²) in [7, 11) is 1.75. The van der Waals surface area contributed by atoms with Gasteiger partial charge in [-0.1, -0.05) is 6.92 Å². The number of rotatable bonds is 5. The minimum atomic E-state index is -0.229. The molecule has 0 aromatic carbocycles. The second kappa shape index (κ2) is 7.91. The summed E-state index contributed by atoms with van der Waals surface area (Å²) in [5, 5.41) is 4.71. The van der Waals surface area contributed by atoms with Crippen LogP contribution in [0.25, 0.3) is 5.65 Å². The third-order valence-electron chi connectivity index (χ3n) is 5.71. The van der Waals surface area contributed by atoms with Crippen LogP contribution in [0.3, 0.4) is 0 Å². The maximum atomic E-state index is 13.0. The van der Waals surface area contributed by atoms with Gasteiger partial charge in [-0.05, 0) is 31.9 Å². The van der Waals surface area contributed by atoms with E-state index < -0.39 is 0 Å². The average Bonchev–Trinajstić information content (AvgIpc) is 3.33. The predicted octanol–water partition coefficient (Wildman–Crippen LogP) is 1.78. The monoisotopic (exact) mass is 408 g/mol. The summed E-state index contributed by atoms with van der Waals surface area (Å²) in [6.45, 7) is 5.78. The lowest BCUT2D eigenvalue weighted by Gasteiger charge is -2.25. The van der Waals surface area contributed by atoms with Crippen molar-refractivity contribution in [1.29, 1.82) is 0 Å². The van der Waals surface area contributed by atoms with Crippen molar-refractivity contribution in [3.05, 3.63) is 47.5 Å². The Morgan fingerprint density at radius 2 is 2.23 bits per heavy atom. The van der Waals surface area contributed by atoms with Gasteiger partial charge in [0.15, 0.2) is 11.3 Å². The van der Waals surface area contributed by atoms with Crippen LogP contribution in [-0.2, 0) is 0 Å². The minimum Gasteiger partial charge on any atom is -0.397 e. The number of nitrogens with two attached hydrogens (primary N) is 2. The van der Waals surface area contributed by atoms with Crippen molar-refractivity contribution in [3.8, 4) is 0 Å². The lowest BCUT2D eigenvalue weighted by molar-refractivity contribution is 0.0717. The molecule has 0 bridgehead atoms. The zero-order chi connectivity index (χ0) is 21.4. The van der Waals surface area contributed by atoms with E-state index in [4.69, 9.17) is 21.5 Å². The minimum absolute atomic E-state index is 0.186. The van der Waals surface area contributed by atoms with Gasteiger partial charge in [-0.15, -0.1) is 0 Å². The SMILES string of the molecule is CC[C@@H](c1cc2nc(N3CC[C@H](N)C3)c(C)cn2n1)N(C)C(=O)c1ncccc1N. The van der Waals surface area contributed by atoms with Crippen molar-refractivity contribution in [3.63, 3.8) is 0 Å². The molecule has 9 heteroatoms. The summed E-state index contributed by atoms with van der Waals surface area (Å²) < 4.78 is 1.78. The second-order valence-corrected chi connectivity index (χ2v) is 7.90. The largest absolute Gasteiger partial charge is 0.397 e. The van der Waals surface area contributed by atoms with E-state index >= 15 is 0 Å². The topological polar surface area (TPSA) is 119 Å². The van der Waals surface area contributed by atoms with Gasteiger partial charge in [-0.2, -0.15) is 5.10 Å². The molecule has 0 aliphatic carbocycles. The molecule has 0 saturated carbocycles. The summed E-state index contributed by atoms with van der Waals surface area (Å²) in [6.07, 6.45) is 5.22. The third kappa shape index (κ3) is 3.56. The number of aryl methyl sites for hydroxylation is 1. The normalized spacial score (nSPS) is 17.5. The smallest absolute Gasteiger partial charge is 0.274 e. The molecule has 4 rings (SSSR count). The van der Waals surface area contributed by atoms with Crippen molar-refractivity contribution in [2.75, 3.05) is 30.8 Å². The highest BCUT2D eigenvalue weighted by Gasteiger charge is 2.27. The maximum Gasteiger partial charge on any atom is 0.274 e. The Bertz CT molecular complexity index is 1080. The number of fused-ring (bicyclic) bond motifs is 1. The molecule has 30 heavy (non-hydrogen) atoms. The highest BCUT2D eigenvalue weighted by atomic mass is 16.2. The van der Waals surface area contributed by atoms with Gasteiger partial charge < -0.3 is 21.3 Å². The van der Waals surface area contributed by atoms with E-state index in [0.29, 0.717) is 12.1 Å². The van der Waals surface area contributed by atoms with E-state index in [1.165, 1.54) is 0 Å². The van der Waals surface area contributed by atoms with Gasteiger partial charge in [0.05, 0.1) is 17.4 Å². The molecule has 1 aliphatic heterocycles. The molecule has 2 atom stereocenters. The van der Waals surface area contributed by atoms with Crippen LogP contribution in [0.2, 0.25) is 0 Å². The van der Waals surface area contributed by atoms with Crippen molar-refractivity contribution in [2.45, 2.75) is 38.8 Å². The van der Waals surface area contributed by atoms with Crippen molar-refractivity contribution < 1.29 is 4.79 Å². The molecule has 0 unspecified atom stereocenters. The van der Waals surface area contributed by atoms with Crippen LogP contribution < -0.4 is 16.4 Å². The number of hydrogen-bond donors (Lipinski definition) is 2. The number of nitrogen functional groups attached to an aromatic ring is 1. The van der Waals surface area contributed by atoms with Gasteiger partial charge in [-0.25, -0.2) is 14.5 Å². The Morgan fingerprint density at radius 3 is 2.90 bits per heavy atom. The fraction of sp³-hybridized carbons (Fsp3) is 0.429. The van der Waals surface area contributed by atoms with Gasteiger partial charge >= 0.3 is 0 Å². The number of hydrogen-bond acceptors (Lipinski definition) is 7. The number of amides is 1. The average molecular weight is 409 g/mol. The van der Waals surface area contributed by atoms with Gasteiger partial charge in [0.1, 0.15) is 5.82 Å². The summed E-state index contributed by atoms with van der Waals surface area (Å²) in [5.74, 6) is 0.716. The molecule has 1 saturated heterocycles. The first kappa shape index (κ1) is 20.1. The van der Waals surface area contributed by atoms with Crippen LogP contribution in [0.5, 0.6) is 0 Å². The van der Waals surface area contributed by atoms with Crippen LogP contribution >= 0.6 is 0 Å². The molecular weight excluding hydrogens is 380 g/mol. The Morgan fingerprint density at radius 1 is 1.43 bits per heavy atom. The number of pyridine rings is 1. The highest BCUT2D eigenvalue weighted by Crippen LogP contribution is 2.27. The fourth-order valence-electron chi connectivity index (χ4n) is 4.07. The molecule has 158 valence electrons. The van der Waals surface area contributed by atoms with E-state index in [0.717, 1.165) is 42.2 Å². The summed E-state index contributed by atoms with van der Waals surface area (Å²) in [4.78, 5) is 25.9. The first-order valence-corrected chi connectivity index (χ1v) is 10.2. The first-order valence-electron chi connectivity index (χ1n) is 10.2. The van der Waals surface area contributed by atoms with E-state index in [2.05, 4.69) is 9.88 Å². The highest BCUT2D eigenvalue weighted by molar-refractivity contribution is 5.97. The summed E-state index contributed by atoms with van der Waals surface area (Å²) in [6, 6.07) is 5.30. The standard InChI is InChI=1S/C21H28N8O/c1-4-17(27(3)21(30)19-15(23)6-5-8-24-19)16-10-18-25-20(13(2)11-29(18)26-16)28-9-7-14(22)12-28/h5-6,8,10-11,14,17H,4,7,9,12,22-23H2,1-3H3/t14-,17-/m0/s1. The van der Waals surface area contributed by atoms with Crippen molar-refractivity contribution in [2.24, 2.45) is 5.73 Å². The Hall–Kier alpha value is -3.20. The molecule has 4 heterocycles. The molecule has 1 fully saturated rings. The van der Waals surface area contributed by atoms with Crippen molar-refractivity contribution >= 4 is 23.1 Å². The lowest BCUT2D eigenvalue weighted by atomic mass is 10.1. The molecule has 0 radical (unpaired) electrons. The first-order chi connectivity index (χ1) is 14.4. The van der Waals surface area contributed by atoms with Gasteiger partial charge in [-0.3, -0.25) is 4.79 Å². The second-order valence-electron chi connectivity index (χ2n) is 7.90. The molecule has 4 N–H and O–H groups in total. The lowest BCUT2D eigenvalue weighted by Crippen LogP contribution is -2.32. The van der Waals surface area contributed by atoms with Crippen molar-refractivity contribution in [1.82, 2.24) is 24.5 Å². The number of aromatic nitrogens is 4. The number of carbonyl (C=O) groups excluding carboxylic acids is 1. The molecule has 1 aliphatic rings. The molecule has 9 nitrogen and oxygen atoms in total. The van der Waals surface area contributed by atoms with E-state index in [-0.39, 0.29) is 23.7 Å². The van der Waals surface area contributed by atoms with E-state index in [1.807, 2.05) is 26.1 Å². The zero-order valence-corrected chi connectivity index (χ0v) is 17.6. The molecule has 0 spiro atoms. The maximum absolute atomic E-state index is 13.0. The van der Waals surface area contributed by atoms with Crippen LogP contribution in [0.4, 0.5) is 11.5 Å². The molecule has 3 aromatic rings. The molecule has 3 aromatic heterocycles. The zero-order valence-electron chi connectivity index (χ0n) is 17.6. The summed E-state index contributed by atoms with van der Waals surface area (Å²) >= 11 is 0. The van der Waals surface area contributed by atoms with Crippen LogP contribution in [-0.4, -0.2) is 56.6 Å². The van der Waals surface area contributed by atoms with Gasteiger partial charge in [0, 0.05) is 50.2 Å². The number of nitrogens with zero attached hydrogens (tertiary/aromatic N) is 6. The van der Waals surface area contributed by atoms with Crippen LogP contribution in [0, 0.1) is 6.92 Å². The Labute approximate surface area is 175 Å². The van der Waals surface area contributed by atoms with Crippen LogP contribution in [0.1, 0.15) is 47.6 Å².